The highest BCUT2D eigenvalue weighted by Crippen LogP contribution is 2.34. The van der Waals surface area contributed by atoms with E-state index in [9.17, 15) is 17.6 Å². The number of halogens is 3. The first-order valence-corrected chi connectivity index (χ1v) is 12.2. The SMILES string of the molecule is COc1ncc(F)cc1S(=O)(=O)Nc1cccc(-c2ccc3c(C(=O)NCCCO)n[nH]c3c2F)c1F. The number of rotatable bonds is 9. The maximum atomic E-state index is 15.4. The number of methoxy groups -OCH3 is 1. The van der Waals surface area contributed by atoms with Crippen LogP contribution in [-0.4, -0.2) is 54.9 Å². The Balaban J connectivity index is 1.70. The average molecular weight is 536 g/mol. The maximum Gasteiger partial charge on any atom is 0.272 e. The van der Waals surface area contributed by atoms with Crippen LogP contribution >= 0.6 is 0 Å². The average Bonchev–Trinajstić information content (AvgIpc) is 3.31. The first-order chi connectivity index (χ1) is 17.7. The maximum absolute atomic E-state index is 15.4. The van der Waals surface area contributed by atoms with Crippen LogP contribution in [0, 0.1) is 17.5 Å². The van der Waals surface area contributed by atoms with E-state index in [1.807, 2.05) is 4.72 Å². The van der Waals surface area contributed by atoms with Crippen LogP contribution in [-0.2, 0) is 10.0 Å². The molecule has 0 aliphatic rings. The molecule has 2 aromatic heterocycles. The summed E-state index contributed by atoms with van der Waals surface area (Å²) >= 11 is 0. The number of anilines is 1. The Morgan fingerprint density at radius 3 is 2.62 bits per heavy atom. The second-order valence-electron chi connectivity index (χ2n) is 7.69. The predicted octanol–water partition coefficient (Wildman–Crippen LogP) is 2.96. The summed E-state index contributed by atoms with van der Waals surface area (Å²) in [6, 6.07) is 6.91. The molecule has 0 fully saturated rings. The Morgan fingerprint density at radius 1 is 1.14 bits per heavy atom. The molecule has 0 saturated carbocycles. The Kier molecular flexibility index (Phi) is 7.31. The lowest BCUT2D eigenvalue weighted by atomic mass is 10.0. The van der Waals surface area contributed by atoms with Crippen molar-refractivity contribution in [1.82, 2.24) is 20.5 Å². The van der Waals surface area contributed by atoms with Gasteiger partial charge in [-0.2, -0.15) is 5.10 Å². The Labute approximate surface area is 208 Å². The summed E-state index contributed by atoms with van der Waals surface area (Å²) < 4.78 is 77.0. The van der Waals surface area contributed by atoms with Gasteiger partial charge in [-0.15, -0.1) is 0 Å². The van der Waals surface area contributed by atoms with Gasteiger partial charge < -0.3 is 15.2 Å². The number of aliphatic hydroxyl groups is 1. The molecule has 2 aromatic carbocycles. The fourth-order valence-electron chi connectivity index (χ4n) is 3.57. The number of hydrogen-bond acceptors (Lipinski definition) is 7. The number of fused-ring (bicyclic) bond motifs is 1. The number of ether oxygens (including phenoxy) is 1. The molecule has 0 bridgehead atoms. The van der Waals surface area contributed by atoms with Gasteiger partial charge in [0.1, 0.15) is 11.3 Å². The number of amides is 1. The van der Waals surface area contributed by atoms with E-state index < -0.39 is 49.8 Å². The summed E-state index contributed by atoms with van der Waals surface area (Å²) in [5.41, 5.74) is -1.29. The van der Waals surface area contributed by atoms with Crippen molar-refractivity contribution in [2.75, 3.05) is 25.0 Å². The van der Waals surface area contributed by atoms with Crippen molar-refractivity contribution in [3.8, 4) is 17.0 Å². The van der Waals surface area contributed by atoms with Crippen molar-refractivity contribution in [1.29, 1.82) is 0 Å². The highest BCUT2D eigenvalue weighted by Gasteiger charge is 2.25. The van der Waals surface area contributed by atoms with Gasteiger partial charge in [0, 0.05) is 35.7 Å². The van der Waals surface area contributed by atoms with Crippen molar-refractivity contribution < 1.29 is 36.2 Å². The van der Waals surface area contributed by atoms with E-state index in [4.69, 9.17) is 9.84 Å². The molecule has 10 nitrogen and oxygen atoms in total. The topological polar surface area (TPSA) is 146 Å². The summed E-state index contributed by atoms with van der Waals surface area (Å²) in [5.74, 6) is -3.97. The predicted molar refractivity (Wildman–Crippen MR) is 127 cm³/mol. The zero-order valence-electron chi connectivity index (χ0n) is 19.2. The molecule has 194 valence electrons. The molecule has 0 aliphatic heterocycles. The van der Waals surface area contributed by atoms with Gasteiger partial charge >= 0.3 is 0 Å². The Morgan fingerprint density at radius 2 is 1.89 bits per heavy atom. The van der Waals surface area contributed by atoms with Crippen LogP contribution in [0.15, 0.2) is 47.5 Å². The molecule has 1 amide bonds. The number of nitrogens with zero attached hydrogens (tertiary/aromatic N) is 2. The Hall–Kier alpha value is -4.17. The van der Waals surface area contributed by atoms with Gasteiger partial charge in [-0.05, 0) is 18.6 Å². The van der Waals surface area contributed by atoms with E-state index in [2.05, 4.69) is 20.5 Å². The monoisotopic (exact) mass is 535 g/mol. The number of aromatic amines is 1. The molecular weight excluding hydrogens is 515 g/mol. The van der Waals surface area contributed by atoms with Crippen LogP contribution in [0.3, 0.4) is 0 Å². The lowest BCUT2D eigenvalue weighted by Crippen LogP contribution is -2.25. The van der Waals surface area contributed by atoms with Gasteiger partial charge in [0.15, 0.2) is 22.2 Å². The smallest absolute Gasteiger partial charge is 0.272 e. The molecule has 0 saturated heterocycles. The van der Waals surface area contributed by atoms with Crippen molar-refractivity contribution >= 4 is 32.5 Å². The summed E-state index contributed by atoms with van der Waals surface area (Å²) in [7, 11) is -3.41. The molecule has 2 heterocycles. The number of aliphatic hydroxyl groups excluding tert-OH is 1. The number of nitrogens with one attached hydrogen (secondary N) is 3. The lowest BCUT2D eigenvalue weighted by molar-refractivity contribution is 0.0947. The highest BCUT2D eigenvalue weighted by molar-refractivity contribution is 7.92. The Bertz CT molecular complexity index is 1590. The number of carbonyl (C=O) groups excluding carboxylic acids is 1. The molecular formula is C23H20F3N5O5S. The molecule has 0 aliphatic carbocycles. The molecule has 0 atom stereocenters. The van der Waals surface area contributed by atoms with E-state index in [1.54, 1.807) is 0 Å². The van der Waals surface area contributed by atoms with Crippen LogP contribution in [0.1, 0.15) is 16.9 Å². The van der Waals surface area contributed by atoms with Crippen molar-refractivity contribution in [2.45, 2.75) is 11.3 Å². The van der Waals surface area contributed by atoms with Crippen LogP contribution in [0.4, 0.5) is 18.9 Å². The second-order valence-corrected chi connectivity index (χ2v) is 9.34. The quantitative estimate of drug-likeness (QED) is 0.241. The third-order valence-electron chi connectivity index (χ3n) is 5.31. The number of aromatic nitrogens is 3. The summed E-state index contributed by atoms with van der Waals surface area (Å²) in [6.07, 6.45) is 1.09. The largest absolute Gasteiger partial charge is 0.480 e. The normalized spacial score (nSPS) is 11.5. The van der Waals surface area contributed by atoms with Gasteiger partial charge in [-0.1, -0.05) is 18.2 Å². The van der Waals surface area contributed by atoms with Gasteiger partial charge in [0.2, 0.25) is 5.88 Å². The number of pyridine rings is 1. The summed E-state index contributed by atoms with van der Waals surface area (Å²) in [6.45, 7) is 0.0722. The van der Waals surface area contributed by atoms with Gasteiger partial charge in [-0.3, -0.25) is 14.6 Å². The van der Waals surface area contributed by atoms with Crippen LogP contribution < -0.4 is 14.8 Å². The molecule has 4 rings (SSSR count). The molecule has 14 heteroatoms. The first kappa shape index (κ1) is 25.9. The third-order valence-corrected chi connectivity index (χ3v) is 6.67. The van der Waals surface area contributed by atoms with Crippen LogP contribution in [0.2, 0.25) is 0 Å². The summed E-state index contributed by atoms with van der Waals surface area (Å²) in [5, 5.41) is 17.8. The van der Waals surface area contributed by atoms with Gasteiger partial charge in [-0.25, -0.2) is 26.6 Å². The molecule has 4 aromatic rings. The fraction of sp³-hybridized carbons (Fsp3) is 0.174. The van der Waals surface area contributed by atoms with E-state index >= 15 is 8.78 Å². The third kappa shape index (κ3) is 5.06. The van der Waals surface area contributed by atoms with E-state index in [0.29, 0.717) is 12.5 Å². The zero-order valence-corrected chi connectivity index (χ0v) is 20.0. The number of H-pyrrole nitrogens is 1. The van der Waals surface area contributed by atoms with Crippen LogP contribution in [0.5, 0.6) is 5.88 Å². The van der Waals surface area contributed by atoms with E-state index in [0.717, 1.165) is 19.4 Å². The van der Waals surface area contributed by atoms with Crippen molar-refractivity contribution in [3.63, 3.8) is 0 Å². The number of benzene rings is 2. The lowest BCUT2D eigenvalue weighted by Gasteiger charge is -2.13. The first-order valence-electron chi connectivity index (χ1n) is 10.7. The second kappa shape index (κ2) is 10.4. The van der Waals surface area contributed by atoms with Crippen LogP contribution in [0.25, 0.3) is 22.0 Å². The van der Waals surface area contributed by atoms with E-state index in [-0.39, 0.29) is 40.9 Å². The molecule has 0 radical (unpaired) electrons. The molecule has 0 unspecified atom stereocenters. The minimum atomic E-state index is -4.55. The van der Waals surface area contributed by atoms with Crippen molar-refractivity contribution in [2.24, 2.45) is 0 Å². The fourth-order valence-corrected chi connectivity index (χ4v) is 4.76. The molecule has 4 N–H and O–H groups in total. The number of carbonyl (C=O) groups is 1. The molecule has 37 heavy (non-hydrogen) atoms. The number of hydrogen-bond donors (Lipinski definition) is 4. The minimum absolute atomic E-state index is 0.0852. The number of sulfonamides is 1. The zero-order chi connectivity index (χ0) is 26.7. The van der Waals surface area contributed by atoms with Gasteiger partial charge in [0.05, 0.1) is 19.0 Å². The summed E-state index contributed by atoms with van der Waals surface area (Å²) in [4.78, 5) is 15.2. The van der Waals surface area contributed by atoms with E-state index in [1.165, 1.54) is 24.3 Å². The highest BCUT2D eigenvalue weighted by atomic mass is 32.2. The standard InChI is InChI=1S/C23H20F3N5O5S/c1-36-23-17(10-12(24)11-28-23)37(34,35)31-16-5-2-4-13(18(16)25)14-6-7-15-20(19(14)26)29-30-21(15)22(33)27-8-3-9-32/h2,4-7,10-11,31-32H,3,8-9H2,1H3,(H,27,33)(H,29,30). The molecule has 0 spiro atoms. The van der Waals surface area contributed by atoms with Crippen molar-refractivity contribution in [3.05, 3.63) is 65.7 Å². The van der Waals surface area contributed by atoms with Gasteiger partial charge in [0.25, 0.3) is 15.9 Å². The minimum Gasteiger partial charge on any atom is -0.480 e.